The standard InChI is InChI=1S/C16H18O5/c1-9(2)12(17)7-10-8-13(19-3)16-11(15(10)20-4)5-6-14(18)21-16/h5-6,8-9H,7H2,1-4H3. The van der Waals surface area contributed by atoms with Crippen molar-refractivity contribution in [3.63, 3.8) is 0 Å². The second-order valence-electron chi connectivity index (χ2n) is 5.07. The summed E-state index contributed by atoms with van der Waals surface area (Å²) in [5.41, 5.74) is 0.575. The number of hydrogen-bond donors (Lipinski definition) is 0. The van der Waals surface area contributed by atoms with Crippen LogP contribution in [-0.4, -0.2) is 20.0 Å². The van der Waals surface area contributed by atoms with Gasteiger partial charge in [-0.1, -0.05) is 13.8 Å². The van der Waals surface area contributed by atoms with Gasteiger partial charge in [-0.15, -0.1) is 0 Å². The Kier molecular flexibility index (Phi) is 4.31. The van der Waals surface area contributed by atoms with Crippen molar-refractivity contribution in [2.45, 2.75) is 20.3 Å². The summed E-state index contributed by atoms with van der Waals surface area (Å²) in [6.45, 7) is 3.71. The van der Waals surface area contributed by atoms with Gasteiger partial charge in [-0.3, -0.25) is 4.79 Å². The summed E-state index contributed by atoms with van der Waals surface area (Å²) in [7, 11) is 3.01. The zero-order valence-electron chi connectivity index (χ0n) is 12.6. The number of carbonyl (C=O) groups excluding carboxylic acids is 1. The molecule has 0 radical (unpaired) electrons. The van der Waals surface area contributed by atoms with Crippen LogP contribution in [0.15, 0.2) is 27.4 Å². The molecule has 0 saturated heterocycles. The fourth-order valence-corrected chi connectivity index (χ4v) is 2.16. The highest BCUT2D eigenvalue weighted by molar-refractivity contribution is 5.92. The molecule has 21 heavy (non-hydrogen) atoms. The second kappa shape index (κ2) is 5.99. The van der Waals surface area contributed by atoms with E-state index < -0.39 is 5.63 Å². The van der Waals surface area contributed by atoms with Crippen LogP contribution >= 0.6 is 0 Å². The van der Waals surface area contributed by atoms with E-state index in [0.29, 0.717) is 22.5 Å². The Bertz CT molecular complexity index is 727. The van der Waals surface area contributed by atoms with Gasteiger partial charge in [-0.25, -0.2) is 4.79 Å². The molecular weight excluding hydrogens is 272 g/mol. The van der Waals surface area contributed by atoms with E-state index in [1.807, 2.05) is 13.8 Å². The molecule has 0 spiro atoms. The van der Waals surface area contributed by atoms with Crippen molar-refractivity contribution in [2.75, 3.05) is 14.2 Å². The third-order valence-corrected chi connectivity index (χ3v) is 3.33. The van der Waals surface area contributed by atoms with E-state index in [1.54, 1.807) is 12.1 Å². The van der Waals surface area contributed by atoms with Crippen LogP contribution in [0, 0.1) is 5.92 Å². The minimum Gasteiger partial charge on any atom is -0.496 e. The van der Waals surface area contributed by atoms with Crippen LogP contribution in [0.3, 0.4) is 0 Å². The van der Waals surface area contributed by atoms with Crippen molar-refractivity contribution in [1.82, 2.24) is 0 Å². The average Bonchev–Trinajstić information content (AvgIpc) is 2.46. The normalized spacial score (nSPS) is 10.9. The van der Waals surface area contributed by atoms with Crippen LogP contribution < -0.4 is 15.1 Å². The zero-order chi connectivity index (χ0) is 15.6. The fraction of sp³-hybridized carbons (Fsp3) is 0.375. The maximum Gasteiger partial charge on any atom is 0.336 e. The Morgan fingerprint density at radius 2 is 1.95 bits per heavy atom. The Morgan fingerprint density at radius 1 is 1.24 bits per heavy atom. The first-order chi connectivity index (χ1) is 9.97. The Labute approximate surface area is 122 Å². The van der Waals surface area contributed by atoms with Gasteiger partial charge in [0.05, 0.1) is 19.6 Å². The van der Waals surface area contributed by atoms with Crippen LogP contribution in [0.4, 0.5) is 0 Å². The summed E-state index contributed by atoms with van der Waals surface area (Å²) >= 11 is 0. The van der Waals surface area contributed by atoms with Crippen molar-refractivity contribution < 1.29 is 18.7 Å². The predicted molar refractivity (Wildman–Crippen MR) is 79.1 cm³/mol. The van der Waals surface area contributed by atoms with Gasteiger partial charge in [-0.2, -0.15) is 0 Å². The highest BCUT2D eigenvalue weighted by atomic mass is 16.5. The minimum absolute atomic E-state index is 0.0647. The molecule has 0 N–H and O–H groups in total. The third-order valence-electron chi connectivity index (χ3n) is 3.33. The molecule has 2 rings (SSSR count). The Hall–Kier alpha value is -2.30. The lowest BCUT2D eigenvalue weighted by Crippen LogP contribution is -2.11. The minimum atomic E-state index is -0.464. The number of hydrogen-bond acceptors (Lipinski definition) is 5. The van der Waals surface area contributed by atoms with Crippen LogP contribution in [0.2, 0.25) is 0 Å². The van der Waals surface area contributed by atoms with Gasteiger partial charge in [0.25, 0.3) is 0 Å². The van der Waals surface area contributed by atoms with E-state index in [1.165, 1.54) is 20.3 Å². The monoisotopic (exact) mass is 290 g/mol. The second-order valence-corrected chi connectivity index (χ2v) is 5.07. The lowest BCUT2D eigenvalue weighted by atomic mass is 9.98. The van der Waals surface area contributed by atoms with Crippen molar-refractivity contribution in [3.8, 4) is 11.5 Å². The summed E-state index contributed by atoms with van der Waals surface area (Å²) in [6, 6.07) is 4.62. The zero-order valence-corrected chi connectivity index (χ0v) is 12.6. The first-order valence-corrected chi connectivity index (χ1v) is 6.68. The lowest BCUT2D eigenvalue weighted by molar-refractivity contribution is -0.121. The van der Waals surface area contributed by atoms with Gasteiger partial charge >= 0.3 is 5.63 Å². The van der Waals surface area contributed by atoms with Crippen LogP contribution in [0.1, 0.15) is 19.4 Å². The molecule has 0 aliphatic rings. The van der Waals surface area contributed by atoms with Crippen LogP contribution in [0.25, 0.3) is 11.0 Å². The molecule has 5 heteroatoms. The number of Topliss-reactive ketones (excluding diaryl/α,β-unsaturated/α-hetero) is 1. The molecule has 0 fully saturated rings. The van der Waals surface area contributed by atoms with Crippen molar-refractivity contribution in [3.05, 3.63) is 34.2 Å². The van der Waals surface area contributed by atoms with Crippen molar-refractivity contribution in [2.24, 2.45) is 5.92 Å². The van der Waals surface area contributed by atoms with Crippen molar-refractivity contribution >= 4 is 16.8 Å². The quantitative estimate of drug-likeness (QED) is 0.792. The molecule has 1 aromatic carbocycles. The van der Waals surface area contributed by atoms with Gasteiger partial charge in [-0.05, 0) is 12.1 Å². The molecule has 0 aliphatic carbocycles. The first-order valence-electron chi connectivity index (χ1n) is 6.68. The number of fused-ring (bicyclic) bond motifs is 1. The van der Waals surface area contributed by atoms with Gasteiger partial charge < -0.3 is 13.9 Å². The topological polar surface area (TPSA) is 65.7 Å². The molecule has 0 unspecified atom stereocenters. The first kappa shape index (κ1) is 15.1. The van der Waals surface area contributed by atoms with Crippen LogP contribution in [-0.2, 0) is 11.2 Å². The number of benzene rings is 1. The molecule has 0 aliphatic heterocycles. The van der Waals surface area contributed by atoms with Gasteiger partial charge in [0.15, 0.2) is 11.3 Å². The van der Waals surface area contributed by atoms with Gasteiger partial charge in [0.1, 0.15) is 11.5 Å². The number of methoxy groups -OCH3 is 2. The van der Waals surface area contributed by atoms with Crippen molar-refractivity contribution in [1.29, 1.82) is 0 Å². The third kappa shape index (κ3) is 2.91. The molecule has 2 aromatic rings. The number of carbonyl (C=O) groups is 1. The molecule has 5 nitrogen and oxygen atoms in total. The summed E-state index contributed by atoms with van der Waals surface area (Å²) in [4.78, 5) is 23.4. The smallest absolute Gasteiger partial charge is 0.336 e. The van der Waals surface area contributed by atoms with E-state index in [9.17, 15) is 9.59 Å². The summed E-state index contributed by atoms with van der Waals surface area (Å²) in [5, 5.41) is 0.614. The summed E-state index contributed by atoms with van der Waals surface area (Å²) < 4.78 is 15.9. The van der Waals surface area contributed by atoms with Crippen LogP contribution in [0.5, 0.6) is 11.5 Å². The SMILES string of the molecule is COc1c(CC(=O)C(C)C)cc(OC)c2oc(=O)ccc12. The number of ether oxygens (including phenoxy) is 2. The lowest BCUT2D eigenvalue weighted by Gasteiger charge is -2.14. The van der Waals surface area contributed by atoms with E-state index in [-0.39, 0.29) is 18.1 Å². The maximum atomic E-state index is 12.0. The Balaban J connectivity index is 2.68. The van der Waals surface area contributed by atoms with Gasteiger partial charge in [0.2, 0.25) is 0 Å². The fourth-order valence-electron chi connectivity index (χ4n) is 2.16. The molecule has 0 bridgehead atoms. The van der Waals surface area contributed by atoms with Gasteiger partial charge in [0, 0.05) is 24.0 Å². The molecule has 0 amide bonds. The molecule has 1 aromatic heterocycles. The summed E-state index contributed by atoms with van der Waals surface area (Å²) in [5.74, 6) is 0.982. The highest BCUT2D eigenvalue weighted by Gasteiger charge is 2.19. The highest BCUT2D eigenvalue weighted by Crippen LogP contribution is 2.36. The van der Waals surface area contributed by atoms with E-state index >= 15 is 0 Å². The molecule has 0 atom stereocenters. The van der Waals surface area contributed by atoms with E-state index in [4.69, 9.17) is 13.9 Å². The summed E-state index contributed by atoms with van der Waals surface area (Å²) in [6.07, 6.45) is 0.242. The van der Waals surface area contributed by atoms with E-state index in [2.05, 4.69) is 0 Å². The predicted octanol–water partition coefficient (Wildman–Crippen LogP) is 2.58. The molecule has 0 saturated carbocycles. The molecule has 1 heterocycles. The number of rotatable bonds is 5. The Morgan fingerprint density at radius 3 is 2.52 bits per heavy atom. The average molecular weight is 290 g/mol. The number of ketones is 1. The molecular formula is C16H18O5. The van der Waals surface area contributed by atoms with E-state index in [0.717, 1.165) is 5.56 Å². The molecule has 112 valence electrons. The maximum absolute atomic E-state index is 12.0. The largest absolute Gasteiger partial charge is 0.496 e.